The van der Waals surface area contributed by atoms with Gasteiger partial charge in [0.05, 0.1) is 7.11 Å². The Hall–Kier alpha value is -3.74. The number of benzene rings is 2. The van der Waals surface area contributed by atoms with E-state index in [2.05, 4.69) is 0 Å². The van der Waals surface area contributed by atoms with Crippen molar-refractivity contribution in [3.63, 3.8) is 0 Å². The van der Waals surface area contributed by atoms with E-state index in [1.807, 2.05) is 19.9 Å². The van der Waals surface area contributed by atoms with E-state index < -0.39 is 73.4 Å². The van der Waals surface area contributed by atoms with Crippen molar-refractivity contribution in [2.75, 3.05) is 7.11 Å². The van der Waals surface area contributed by atoms with E-state index in [1.165, 1.54) is 19.2 Å². The van der Waals surface area contributed by atoms with Gasteiger partial charge in [-0.2, -0.15) is 0 Å². The number of methoxy groups -OCH3 is 1. The van der Waals surface area contributed by atoms with Crippen LogP contribution in [-0.4, -0.2) is 126 Å². The molecule has 0 spiro atoms. The van der Waals surface area contributed by atoms with Gasteiger partial charge in [0.1, 0.15) is 36.6 Å². The Labute approximate surface area is 268 Å². The summed E-state index contributed by atoms with van der Waals surface area (Å²) >= 11 is 0. The standard InChI is InChI=1S/C31H40O16/c1-12(8-14-4-6-17(43-3)16(32)10-14)13(2)9-15-5-7-18(44-30-24(37)20(33)22(35)26(46-30)28(39)40)19(11-15)45-31-25(38)21(34)23(36)27(47-31)29(41)42/h4-7,10-13,20-27,30-38H,8-9H2,1-3H3,(H,39,40)(H,41,42)/t12-,13+,20-,21-,22-,23-,24+,25+,26-,27-,30+,31+/m0/s1. The fraction of sp³-hybridized carbons (Fsp3) is 0.548. The molecule has 2 heterocycles. The van der Waals surface area contributed by atoms with Crippen molar-refractivity contribution in [3.8, 4) is 23.0 Å². The lowest BCUT2D eigenvalue weighted by Gasteiger charge is -2.40. The van der Waals surface area contributed by atoms with Crippen LogP contribution in [0.2, 0.25) is 0 Å². The summed E-state index contributed by atoms with van der Waals surface area (Å²) in [5.41, 5.74) is 1.53. The zero-order valence-electron chi connectivity index (χ0n) is 25.7. The minimum Gasteiger partial charge on any atom is -0.504 e. The van der Waals surface area contributed by atoms with E-state index in [9.17, 15) is 55.5 Å². The van der Waals surface area contributed by atoms with Crippen molar-refractivity contribution < 1.29 is 79.2 Å². The predicted octanol–water partition coefficient (Wildman–Crippen LogP) is -1.000. The van der Waals surface area contributed by atoms with E-state index in [0.717, 1.165) is 5.56 Å². The largest absolute Gasteiger partial charge is 0.504 e. The van der Waals surface area contributed by atoms with Crippen LogP contribution in [0.3, 0.4) is 0 Å². The maximum Gasteiger partial charge on any atom is 0.335 e. The van der Waals surface area contributed by atoms with E-state index in [1.54, 1.807) is 18.2 Å². The molecule has 0 unspecified atom stereocenters. The zero-order valence-corrected chi connectivity index (χ0v) is 25.7. The molecular weight excluding hydrogens is 628 g/mol. The molecule has 0 bridgehead atoms. The number of aliphatic carboxylic acids is 2. The third-order valence-electron chi connectivity index (χ3n) is 8.45. The lowest BCUT2D eigenvalue weighted by molar-refractivity contribution is -0.276. The molecule has 16 nitrogen and oxygen atoms in total. The second kappa shape index (κ2) is 15.0. The maximum absolute atomic E-state index is 11.6. The summed E-state index contributed by atoms with van der Waals surface area (Å²) in [6.07, 6.45) is -18.3. The number of ether oxygens (including phenoxy) is 5. The van der Waals surface area contributed by atoms with Crippen molar-refractivity contribution in [3.05, 3.63) is 47.5 Å². The fourth-order valence-electron chi connectivity index (χ4n) is 5.43. The predicted molar refractivity (Wildman–Crippen MR) is 157 cm³/mol. The van der Waals surface area contributed by atoms with Crippen molar-refractivity contribution in [2.45, 2.75) is 88.1 Å². The van der Waals surface area contributed by atoms with E-state index in [4.69, 9.17) is 23.7 Å². The molecular formula is C31H40O16. The van der Waals surface area contributed by atoms with E-state index >= 15 is 0 Å². The highest BCUT2D eigenvalue weighted by atomic mass is 16.7. The zero-order chi connectivity index (χ0) is 34.7. The summed E-state index contributed by atoms with van der Waals surface area (Å²) in [6, 6.07) is 9.58. The van der Waals surface area contributed by atoms with Gasteiger partial charge < -0.3 is 69.6 Å². The molecule has 16 heteroatoms. The first-order valence-electron chi connectivity index (χ1n) is 14.8. The Bertz CT molecular complexity index is 1400. The Morgan fingerprint density at radius 1 is 0.660 bits per heavy atom. The minimum atomic E-state index is -1.98. The second-order valence-corrected chi connectivity index (χ2v) is 11.9. The van der Waals surface area contributed by atoms with Gasteiger partial charge in [-0.05, 0) is 60.1 Å². The van der Waals surface area contributed by atoms with Crippen molar-refractivity contribution in [1.29, 1.82) is 0 Å². The van der Waals surface area contributed by atoms with E-state index in [-0.39, 0.29) is 29.1 Å². The highest BCUT2D eigenvalue weighted by molar-refractivity contribution is 5.74. The molecule has 2 aromatic carbocycles. The normalized spacial score (nSPS) is 32.2. The second-order valence-electron chi connectivity index (χ2n) is 11.9. The van der Waals surface area contributed by atoms with Crippen LogP contribution in [0, 0.1) is 11.8 Å². The van der Waals surface area contributed by atoms with Crippen LogP contribution in [0.4, 0.5) is 0 Å². The number of aromatic hydroxyl groups is 1. The van der Waals surface area contributed by atoms with Gasteiger partial charge in [0.15, 0.2) is 35.2 Å². The molecule has 9 N–H and O–H groups in total. The summed E-state index contributed by atoms with van der Waals surface area (Å²) in [6.45, 7) is 4.01. The SMILES string of the molecule is COc1ccc(C[C@H](C)[C@H](C)Cc2ccc(O[C@@H]3O[C@H](C(=O)O)[C@@H](O)[C@H](O)[C@H]3O)c(O[C@@H]3O[C@H](C(=O)O)[C@@H](O)[C@H](O)[C@H]3O)c2)cc1O. The number of hydrogen-bond donors (Lipinski definition) is 9. The third-order valence-corrected chi connectivity index (χ3v) is 8.45. The van der Waals surface area contributed by atoms with Crippen LogP contribution < -0.4 is 14.2 Å². The van der Waals surface area contributed by atoms with Crippen LogP contribution in [0.5, 0.6) is 23.0 Å². The number of carboxylic acid groups (broad SMARTS) is 2. The van der Waals surface area contributed by atoms with Crippen molar-refractivity contribution >= 4 is 11.9 Å². The molecule has 12 atom stereocenters. The number of phenols is 1. The van der Waals surface area contributed by atoms with Gasteiger partial charge in [-0.15, -0.1) is 0 Å². The quantitative estimate of drug-likeness (QED) is 0.131. The summed E-state index contributed by atoms with van der Waals surface area (Å²) in [5, 5.41) is 90.6. The number of aliphatic hydroxyl groups excluding tert-OH is 6. The number of aliphatic hydroxyl groups is 6. The fourth-order valence-corrected chi connectivity index (χ4v) is 5.43. The van der Waals surface area contributed by atoms with Crippen LogP contribution in [0.1, 0.15) is 25.0 Å². The number of rotatable bonds is 12. The van der Waals surface area contributed by atoms with Gasteiger partial charge in [-0.25, -0.2) is 9.59 Å². The van der Waals surface area contributed by atoms with Crippen LogP contribution in [0.25, 0.3) is 0 Å². The molecule has 2 aliphatic rings. The summed E-state index contributed by atoms with van der Waals surface area (Å²) in [4.78, 5) is 23.2. The third kappa shape index (κ3) is 8.05. The lowest BCUT2D eigenvalue weighted by atomic mass is 9.85. The summed E-state index contributed by atoms with van der Waals surface area (Å²) in [7, 11) is 1.45. The molecule has 4 rings (SSSR count). The smallest absolute Gasteiger partial charge is 0.335 e. The minimum absolute atomic E-state index is 0.0147. The highest BCUT2D eigenvalue weighted by Crippen LogP contribution is 2.36. The van der Waals surface area contributed by atoms with Crippen molar-refractivity contribution in [1.82, 2.24) is 0 Å². The molecule has 0 radical (unpaired) electrons. The van der Waals surface area contributed by atoms with Gasteiger partial charge in [-0.1, -0.05) is 26.0 Å². The van der Waals surface area contributed by atoms with Gasteiger partial charge in [0, 0.05) is 0 Å². The topological polar surface area (TPSA) is 262 Å². The molecule has 2 saturated heterocycles. The average Bonchev–Trinajstić information content (AvgIpc) is 3.02. The first kappa shape index (κ1) is 36.1. The first-order chi connectivity index (χ1) is 22.1. The van der Waals surface area contributed by atoms with E-state index in [0.29, 0.717) is 24.2 Å². The summed E-state index contributed by atoms with van der Waals surface area (Å²) in [5.74, 6) is -3.24. The molecule has 2 fully saturated rings. The molecule has 0 aromatic heterocycles. The van der Waals surface area contributed by atoms with Crippen LogP contribution >= 0.6 is 0 Å². The Morgan fingerprint density at radius 2 is 1.09 bits per heavy atom. The van der Waals surface area contributed by atoms with Gasteiger partial charge in [-0.3, -0.25) is 0 Å². The molecule has 0 amide bonds. The summed E-state index contributed by atoms with van der Waals surface area (Å²) < 4.78 is 27.0. The van der Waals surface area contributed by atoms with Gasteiger partial charge >= 0.3 is 11.9 Å². The first-order valence-corrected chi connectivity index (χ1v) is 14.8. The molecule has 0 saturated carbocycles. The molecule has 47 heavy (non-hydrogen) atoms. The Morgan fingerprint density at radius 3 is 1.51 bits per heavy atom. The highest BCUT2D eigenvalue weighted by Gasteiger charge is 2.50. The molecule has 260 valence electrons. The lowest BCUT2D eigenvalue weighted by Crippen LogP contribution is -2.61. The van der Waals surface area contributed by atoms with Gasteiger partial charge in [0.2, 0.25) is 12.6 Å². The number of hydrogen-bond acceptors (Lipinski definition) is 14. The van der Waals surface area contributed by atoms with Gasteiger partial charge in [0.25, 0.3) is 0 Å². The molecule has 2 aliphatic heterocycles. The Kier molecular flexibility index (Phi) is 11.5. The number of phenolic OH excluding ortho intramolecular Hbond substituents is 1. The van der Waals surface area contributed by atoms with Crippen LogP contribution in [-0.2, 0) is 31.9 Å². The monoisotopic (exact) mass is 668 g/mol. The molecule has 2 aromatic rings. The van der Waals surface area contributed by atoms with Crippen LogP contribution in [0.15, 0.2) is 36.4 Å². The average molecular weight is 669 g/mol. The van der Waals surface area contributed by atoms with Crippen molar-refractivity contribution in [2.24, 2.45) is 11.8 Å². The number of carboxylic acids is 2. The maximum atomic E-state index is 11.6. The Balaban J connectivity index is 1.60. The number of carbonyl (C=O) groups is 2. The molecule has 0 aliphatic carbocycles.